The highest BCUT2D eigenvalue weighted by molar-refractivity contribution is 6.30. The van der Waals surface area contributed by atoms with E-state index in [0.717, 1.165) is 49.2 Å². The lowest BCUT2D eigenvalue weighted by atomic mass is 10.1. The van der Waals surface area contributed by atoms with Crippen molar-refractivity contribution in [2.24, 2.45) is 0 Å². The fourth-order valence-corrected chi connectivity index (χ4v) is 4.99. The predicted octanol–water partition coefficient (Wildman–Crippen LogP) is 5.19. The molecule has 3 heterocycles. The zero-order valence-electron chi connectivity index (χ0n) is 21.4. The van der Waals surface area contributed by atoms with E-state index in [-0.39, 0.29) is 5.82 Å². The summed E-state index contributed by atoms with van der Waals surface area (Å²) >= 11 is 6.03. The molecule has 0 atom stereocenters. The molecule has 1 aliphatic rings. The van der Waals surface area contributed by atoms with Crippen molar-refractivity contribution in [3.05, 3.63) is 89.2 Å². The van der Waals surface area contributed by atoms with Crippen molar-refractivity contribution in [3.63, 3.8) is 0 Å². The van der Waals surface area contributed by atoms with Gasteiger partial charge in [0.2, 0.25) is 5.95 Å². The lowest BCUT2D eigenvalue weighted by molar-refractivity contribution is 0.249. The molecule has 6 rings (SSSR count). The lowest BCUT2D eigenvalue weighted by Crippen LogP contribution is -2.46. The molecule has 1 aliphatic heterocycles. The fourth-order valence-electron chi connectivity index (χ4n) is 4.86. The molecular formula is C29H27ClFN7O. The number of piperazine rings is 1. The summed E-state index contributed by atoms with van der Waals surface area (Å²) in [5.74, 6) is 1.31. The second kappa shape index (κ2) is 10.5. The second-order valence-electron chi connectivity index (χ2n) is 9.47. The van der Waals surface area contributed by atoms with Gasteiger partial charge in [-0.3, -0.25) is 4.90 Å². The van der Waals surface area contributed by atoms with E-state index in [9.17, 15) is 4.39 Å². The summed E-state index contributed by atoms with van der Waals surface area (Å²) in [7, 11) is 1.62. The van der Waals surface area contributed by atoms with Crippen molar-refractivity contribution in [2.45, 2.75) is 6.54 Å². The minimum absolute atomic E-state index is 0.349. The molecular weight excluding hydrogens is 517 g/mol. The van der Waals surface area contributed by atoms with E-state index in [2.05, 4.69) is 21.9 Å². The minimum Gasteiger partial charge on any atom is -0.497 e. The Morgan fingerprint density at radius 3 is 2.38 bits per heavy atom. The van der Waals surface area contributed by atoms with Gasteiger partial charge in [0.15, 0.2) is 5.65 Å². The molecule has 0 bridgehead atoms. The van der Waals surface area contributed by atoms with Gasteiger partial charge in [-0.15, -0.1) is 5.10 Å². The van der Waals surface area contributed by atoms with Gasteiger partial charge in [0, 0.05) is 43.3 Å². The van der Waals surface area contributed by atoms with Gasteiger partial charge < -0.3 is 15.4 Å². The van der Waals surface area contributed by atoms with E-state index in [4.69, 9.17) is 37.1 Å². The van der Waals surface area contributed by atoms with E-state index in [1.54, 1.807) is 17.9 Å². The summed E-state index contributed by atoms with van der Waals surface area (Å²) in [5.41, 5.74) is 10.2. The normalized spacial score (nSPS) is 14.2. The number of hydrogen-bond donors (Lipinski definition) is 1. The highest BCUT2D eigenvalue weighted by Gasteiger charge is 2.24. The highest BCUT2D eigenvalue weighted by atomic mass is 35.5. The average Bonchev–Trinajstić information content (AvgIpc) is 3.30. The van der Waals surface area contributed by atoms with Crippen LogP contribution in [0.2, 0.25) is 5.02 Å². The van der Waals surface area contributed by atoms with Crippen LogP contribution in [0.15, 0.2) is 72.8 Å². The van der Waals surface area contributed by atoms with Crippen molar-refractivity contribution in [2.75, 3.05) is 43.9 Å². The molecule has 39 heavy (non-hydrogen) atoms. The molecule has 10 heteroatoms. The molecule has 2 aromatic heterocycles. The number of methoxy groups -OCH3 is 1. The van der Waals surface area contributed by atoms with Crippen molar-refractivity contribution in [1.82, 2.24) is 24.6 Å². The largest absolute Gasteiger partial charge is 0.497 e. The van der Waals surface area contributed by atoms with Gasteiger partial charge in [0.05, 0.1) is 23.9 Å². The second-order valence-corrected chi connectivity index (χ2v) is 9.90. The van der Waals surface area contributed by atoms with Crippen molar-refractivity contribution < 1.29 is 9.13 Å². The maximum atomic E-state index is 14.3. The van der Waals surface area contributed by atoms with Gasteiger partial charge in [-0.1, -0.05) is 35.9 Å². The molecule has 8 nitrogen and oxygen atoms in total. The van der Waals surface area contributed by atoms with Crippen LogP contribution in [0.5, 0.6) is 5.75 Å². The predicted molar refractivity (Wildman–Crippen MR) is 152 cm³/mol. The molecule has 3 aromatic carbocycles. The Balaban J connectivity index is 1.34. The summed E-state index contributed by atoms with van der Waals surface area (Å²) in [5, 5.41) is 6.06. The Bertz CT molecular complexity index is 1610. The van der Waals surface area contributed by atoms with E-state index in [1.807, 2.05) is 42.5 Å². The zero-order chi connectivity index (χ0) is 26.9. The van der Waals surface area contributed by atoms with Gasteiger partial charge in [-0.25, -0.2) is 14.1 Å². The van der Waals surface area contributed by atoms with Crippen LogP contribution >= 0.6 is 11.6 Å². The van der Waals surface area contributed by atoms with Crippen LogP contribution in [0.1, 0.15) is 5.56 Å². The Kier molecular flexibility index (Phi) is 6.76. The molecule has 198 valence electrons. The van der Waals surface area contributed by atoms with Crippen LogP contribution in [0.4, 0.5) is 16.2 Å². The lowest BCUT2D eigenvalue weighted by Gasteiger charge is -2.34. The number of nitrogens with zero attached hydrogens (tertiary/aromatic N) is 6. The highest BCUT2D eigenvalue weighted by Crippen LogP contribution is 2.34. The van der Waals surface area contributed by atoms with E-state index in [0.29, 0.717) is 34.1 Å². The zero-order valence-corrected chi connectivity index (χ0v) is 22.1. The van der Waals surface area contributed by atoms with E-state index >= 15 is 0 Å². The average molecular weight is 544 g/mol. The van der Waals surface area contributed by atoms with Crippen LogP contribution in [0, 0.1) is 5.82 Å². The van der Waals surface area contributed by atoms with E-state index < -0.39 is 0 Å². The number of halogens is 2. The van der Waals surface area contributed by atoms with Gasteiger partial charge in [0.25, 0.3) is 0 Å². The smallest absolute Gasteiger partial charge is 0.228 e. The molecule has 0 spiro atoms. The van der Waals surface area contributed by atoms with Gasteiger partial charge in [-0.2, -0.15) is 4.98 Å². The minimum atomic E-state index is -0.349. The topological polar surface area (TPSA) is 85.3 Å². The van der Waals surface area contributed by atoms with Gasteiger partial charge in [-0.05, 0) is 54.1 Å². The molecule has 0 amide bonds. The number of ether oxygens (including phenoxy) is 1. The number of nitrogens with two attached hydrogens (primary N) is 1. The van der Waals surface area contributed by atoms with Crippen LogP contribution in [0.3, 0.4) is 0 Å². The first-order chi connectivity index (χ1) is 19.0. The Hall–Kier alpha value is -4.21. The third-order valence-electron chi connectivity index (χ3n) is 6.95. The molecule has 1 fully saturated rings. The first-order valence-electron chi connectivity index (χ1n) is 12.7. The number of nitrogen functional groups attached to an aromatic ring is 1. The van der Waals surface area contributed by atoms with Crippen molar-refractivity contribution in [3.8, 4) is 22.7 Å². The molecule has 2 N–H and O–H groups in total. The number of anilines is 2. The number of fused-ring (bicyclic) bond motifs is 1. The summed E-state index contributed by atoms with van der Waals surface area (Å²) in [6.45, 7) is 4.04. The Labute approximate surface area is 230 Å². The van der Waals surface area contributed by atoms with Gasteiger partial charge in [0.1, 0.15) is 17.4 Å². The van der Waals surface area contributed by atoms with Crippen LogP contribution in [-0.4, -0.2) is 57.9 Å². The number of aromatic nitrogens is 4. The molecule has 1 saturated heterocycles. The van der Waals surface area contributed by atoms with Crippen molar-refractivity contribution in [1.29, 1.82) is 0 Å². The van der Waals surface area contributed by atoms with Crippen LogP contribution < -0.4 is 15.4 Å². The first kappa shape index (κ1) is 25.1. The molecule has 5 aromatic rings. The monoisotopic (exact) mass is 543 g/mol. The van der Waals surface area contributed by atoms with Crippen LogP contribution in [-0.2, 0) is 6.54 Å². The maximum Gasteiger partial charge on any atom is 0.228 e. The quantitative estimate of drug-likeness (QED) is 0.315. The van der Waals surface area contributed by atoms with Gasteiger partial charge >= 0.3 is 0 Å². The van der Waals surface area contributed by atoms with Crippen molar-refractivity contribution >= 4 is 34.4 Å². The maximum absolute atomic E-state index is 14.3. The Morgan fingerprint density at radius 1 is 0.949 bits per heavy atom. The first-order valence-corrected chi connectivity index (χ1v) is 13.0. The molecule has 0 unspecified atom stereocenters. The standard InChI is InChI=1S/C29H27ClFN7O/c1-39-24-11-9-23(10-12-24)38-27(32)25-26(20-3-2-4-22(31)17-20)33-29(34-28(25)35-38)37-15-13-36(14-16-37)18-19-5-7-21(30)8-6-19/h2-12,17H,13-16,18,32H2,1H3. The Morgan fingerprint density at radius 2 is 1.69 bits per heavy atom. The SMILES string of the molecule is COc1ccc(-n2nc3nc(N4CCN(Cc5ccc(Cl)cc5)CC4)nc(-c4cccc(F)c4)c3c2N)cc1. The summed E-state index contributed by atoms with van der Waals surface area (Å²) < 4.78 is 21.2. The van der Waals surface area contributed by atoms with E-state index in [1.165, 1.54) is 17.7 Å². The summed E-state index contributed by atoms with van der Waals surface area (Å²) in [4.78, 5) is 14.3. The summed E-state index contributed by atoms with van der Waals surface area (Å²) in [6, 6.07) is 21.7. The summed E-state index contributed by atoms with van der Waals surface area (Å²) in [6.07, 6.45) is 0. The molecule has 0 radical (unpaired) electrons. The number of rotatable bonds is 6. The van der Waals surface area contributed by atoms with Crippen LogP contribution in [0.25, 0.3) is 28.0 Å². The third-order valence-corrected chi connectivity index (χ3v) is 7.20. The molecule has 0 saturated carbocycles. The molecule has 0 aliphatic carbocycles. The third kappa shape index (κ3) is 5.10. The number of benzene rings is 3. The number of hydrogen-bond acceptors (Lipinski definition) is 7. The fraction of sp³-hybridized carbons (Fsp3) is 0.207.